The quantitative estimate of drug-likeness (QED) is 0.376. The maximum Gasteiger partial charge on any atom is 0.161 e. The molecule has 0 N–H and O–H groups in total. The van der Waals surface area contributed by atoms with E-state index < -0.39 is 0 Å². The van der Waals surface area contributed by atoms with Gasteiger partial charge in [-0.1, -0.05) is 11.2 Å². The van der Waals surface area contributed by atoms with Crippen LogP contribution >= 0.6 is 0 Å². The first-order chi connectivity index (χ1) is 16.5. The van der Waals surface area contributed by atoms with Crippen molar-refractivity contribution in [3.8, 4) is 11.5 Å². The minimum atomic E-state index is 0.159. The molecule has 1 heterocycles. The standard InChI is InChI=1S/C29H42N2O3/c1-31-10-8-29(23-4-5-25(32-2)26(15-23)33-3)7-6-24(16-27(29)31)30-34-11-9-28-17-20-12-21(18-28)14-22(13-20)19-28/h4-5,15,20-22,27H,6-14,16-19H2,1-3H3/b30-24+. The molecule has 0 radical (unpaired) electrons. The van der Waals surface area contributed by atoms with Crippen LogP contribution in [0, 0.1) is 23.2 Å². The zero-order chi connectivity index (χ0) is 23.3. The lowest BCUT2D eigenvalue weighted by atomic mass is 9.49. The van der Waals surface area contributed by atoms with Crippen LogP contribution in [0.5, 0.6) is 11.5 Å². The number of likely N-dealkylation sites (N-methyl/N-ethyl adjacent to an activating group) is 1. The molecule has 186 valence electrons. The summed E-state index contributed by atoms with van der Waals surface area (Å²) in [5, 5.41) is 4.73. The van der Waals surface area contributed by atoms with Crippen LogP contribution in [0.3, 0.4) is 0 Å². The molecule has 5 saturated carbocycles. The fraction of sp³-hybridized carbons (Fsp3) is 0.759. The van der Waals surface area contributed by atoms with Gasteiger partial charge in [-0.05, 0) is 119 Å². The second-order valence-corrected chi connectivity index (χ2v) is 12.3. The summed E-state index contributed by atoms with van der Waals surface area (Å²) >= 11 is 0. The van der Waals surface area contributed by atoms with Crippen LogP contribution in [0.4, 0.5) is 0 Å². The topological polar surface area (TPSA) is 43.3 Å². The van der Waals surface area contributed by atoms with Crippen LogP contribution in [0.2, 0.25) is 0 Å². The van der Waals surface area contributed by atoms with Gasteiger partial charge < -0.3 is 19.2 Å². The van der Waals surface area contributed by atoms with Gasteiger partial charge in [0.15, 0.2) is 11.5 Å². The van der Waals surface area contributed by atoms with E-state index in [1.54, 1.807) is 14.2 Å². The first-order valence-electron chi connectivity index (χ1n) is 13.6. The zero-order valence-electron chi connectivity index (χ0n) is 21.4. The predicted octanol–water partition coefficient (Wildman–Crippen LogP) is 5.81. The molecule has 4 bridgehead atoms. The van der Waals surface area contributed by atoms with Crippen LogP contribution in [-0.2, 0) is 10.3 Å². The first-order valence-corrected chi connectivity index (χ1v) is 13.6. The lowest BCUT2D eigenvalue weighted by Gasteiger charge is -2.56. The molecule has 34 heavy (non-hydrogen) atoms. The number of rotatable bonds is 7. The third kappa shape index (κ3) is 3.83. The fourth-order valence-corrected chi connectivity index (χ4v) is 9.16. The van der Waals surface area contributed by atoms with Crippen molar-refractivity contribution in [2.75, 3.05) is 34.4 Å². The number of hydrogen-bond donors (Lipinski definition) is 0. The average Bonchev–Trinajstić information content (AvgIpc) is 3.17. The normalized spacial score (nSPS) is 39.9. The van der Waals surface area contributed by atoms with Crippen molar-refractivity contribution < 1.29 is 14.3 Å². The Balaban J connectivity index is 1.11. The third-order valence-corrected chi connectivity index (χ3v) is 10.4. The van der Waals surface area contributed by atoms with Crippen molar-refractivity contribution >= 4 is 5.71 Å². The minimum Gasteiger partial charge on any atom is -0.493 e. The average molecular weight is 467 g/mol. The van der Waals surface area contributed by atoms with Gasteiger partial charge in [-0.2, -0.15) is 0 Å². The van der Waals surface area contributed by atoms with E-state index in [2.05, 4.69) is 30.1 Å². The first kappa shape index (κ1) is 22.7. The van der Waals surface area contributed by atoms with Crippen LogP contribution in [0.1, 0.15) is 76.2 Å². The van der Waals surface area contributed by atoms with Gasteiger partial charge in [-0.25, -0.2) is 0 Å². The van der Waals surface area contributed by atoms with Gasteiger partial charge in [0.05, 0.1) is 19.9 Å². The third-order valence-electron chi connectivity index (χ3n) is 10.4. The molecular weight excluding hydrogens is 424 g/mol. The summed E-state index contributed by atoms with van der Waals surface area (Å²) in [7, 11) is 5.70. The SMILES string of the molecule is COc1ccc(C23CC/C(=N\OCCC45CC6CC(CC(C6)C4)C5)CC2N(C)CC3)cc1OC. The summed E-state index contributed by atoms with van der Waals surface area (Å²) in [4.78, 5) is 8.56. The molecule has 5 nitrogen and oxygen atoms in total. The number of nitrogens with zero attached hydrogens (tertiary/aromatic N) is 2. The van der Waals surface area contributed by atoms with Crippen LogP contribution in [0.15, 0.2) is 23.4 Å². The van der Waals surface area contributed by atoms with Gasteiger partial charge in [-0.3, -0.25) is 0 Å². The van der Waals surface area contributed by atoms with E-state index in [0.717, 1.165) is 61.7 Å². The highest BCUT2D eigenvalue weighted by Crippen LogP contribution is 2.61. The highest BCUT2D eigenvalue weighted by Gasteiger charge is 2.51. The molecule has 7 rings (SSSR count). The molecule has 1 aliphatic heterocycles. The fourth-order valence-electron chi connectivity index (χ4n) is 9.16. The van der Waals surface area contributed by atoms with E-state index in [9.17, 15) is 0 Å². The van der Waals surface area contributed by atoms with Gasteiger partial charge >= 0.3 is 0 Å². The van der Waals surface area contributed by atoms with Gasteiger partial charge in [0.25, 0.3) is 0 Å². The minimum absolute atomic E-state index is 0.159. The molecule has 1 aromatic rings. The van der Waals surface area contributed by atoms with Crippen molar-refractivity contribution in [3.05, 3.63) is 23.8 Å². The molecular formula is C29H42N2O3. The number of hydrogen-bond acceptors (Lipinski definition) is 5. The summed E-state index contributed by atoms with van der Waals surface area (Å²) in [6, 6.07) is 6.98. The van der Waals surface area contributed by atoms with Crippen molar-refractivity contribution in [2.24, 2.45) is 28.3 Å². The van der Waals surface area contributed by atoms with E-state index >= 15 is 0 Å². The number of oxime groups is 1. The van der Waals surface area contributed by atoms with Crippen LogP contribution in [0.25, 0.3) is 0 Å². The van der Waals surface area contributed by atoms with Crippen LogP contribution < -0.4 is 9.47 Å². The molecule has 0 spiro atoms. The summed E-state index contributed by atoms with van der Waals surface area (Å²) in [5.74, 6) is 4.67. The molecule has 1 aromatic carbocycles. The Labute approximate surface area is 205 Å². The largest absolute Gasteiger partial charge is 0.493 e. The number of likely N-dealkylation sites (tertiary alicyclic amines) is 1. The summed E-state index contributed by atoms with van der Waals surface area (Å²) in [6.07, 6.45) is 14.5. The second kappa shape index (κ2) is 8.72. The smallest absolute Gasteiger partial charge is 0.161 e. The molecule has 0 amide bonds. The Kier molecular flexibility index (Phi) is 5.82. The summed E-state index contributed by atoms with van der Waals surface area (Å²) < 4.78 is 11.1. The Morgan fingerprint density at radius 3 is 2.35 bits per heavy atom. The lowest BCUT2D eigenvalue weighted by molar-refractivity contribution is -0.0688. The Hall–Kier alpha value is -1.75. The highest BCUT2D eigenvalue weighted by molar-refractivity contribution is 5.86. The predicted molar refractivity (Wildman–Crippen MR) is 135 cm³/mol. The van der Waals surface area contributed by atoms with Crippen molar-refractivity contribution in [1.29, 1.82) is 0 Å². The lowest BCUT2D eigenvalue weighted by Crippen LogP contribution is -2.46. The molecule has 6 fully saturated rings. The van der Waals surface area contributed by atoms with Crippen molar-refractivity contribution in [1.82, 2.24) is 4.90 Å². The Morgan fingerprint density at radius 1 is 0.971 bits per heavy atom. The Morgan fingerprint density at radius 2 is 1.68 bits per heavy atom. The van der Waals surface area contributed by atoms with E-state index in [-0.39, 0.29) is 5.41 Å². The zero-order valence-corrected chi connectivity index (χ0v) is 21.4. The van der Waals surface area contributed by atoms with E-state index in [4.69, 9.17) is 19.5 Å². The number of benzene rings is 1. The molecule has 5 aliphatic carbocycles. The van der Waals surface area contributed by atoms with Gasteiger partial charge in [0.1, 0.15) is 6.61 Å². The summed E-state index contributed by atoms with van der Waals surface area (Å²) in [5.41, 5.74) is 3.36. The molecule has 2 atom stereocenters. The van der Waals surface area contributed by atoms with Crippen molar-refractivity contribution in [2.45, 2.75) is 82.1 Å². The monoisotopic (exact) mass is 466 g/mol. The van der Waals surface area contributed by atoms with E-state index in [1.807, 2.05) is 0 Å². The Bertz CT molecular complexity index is 908. The van der Waals surface area contributed by atoms with Gasteiger partial charge in [0, 0.05) is 17.9 Å². The molecule has 6 aliphatic rings. The van der Waals surface area contributed by atoms with E-state index in [0.29, 0.717) is 11.5 Å². The molecule has 0 aromatic heterocycles. The molecule has 2 unspecified atom stereocenters. The maximum absolute atomic E-state index is 6.03. The number of methoxy groups -OCH3 is 2. The number of ether oxygens (including phenoxy) is 2. The maximum atomic E-state index is 6.03. The van der Waals surface area contributed by atoms with Gasteiger partial charge in [-0.15, -0.1) is 0 Å². The van der Waals surface area contributed by atoms with E-state index in [1.165, 1.54) is 62.6 Å². The second-order valence-electron chi connectivity index (χ2n) is 12.3. The number of fused-ring (bicyclic) bond motifs is 1. The van der Waals surface area contributed by atoms with Gasteiger partial charge in [0.2, 0.25) is 0 Å². The van der Waals surface area contributed by atoms with Crippen molar-refractivity contribution in [3.63, 3.8) is 0 Å². The van der Waals surface area contributed by atoms with Crippen LogP contribution in [-0.4, -0.2) is 51.1 Å². The molecule has 5 heteroatoms. The summed E-state index contributed by atoms with van der Waals surface area (Å²) in [6.45, 7) is 1.93. The molecule has 1 saturated heterocycles. The highest BCUT2D eigenvalue weighted by atomic mass is 16.6.